The third-order valence-electron chi connectivity index (χ3n) is 3.46. The minimum atomic E-state index is -1.33. The molecule has 0 bridgehead atoms. The lowest BCUT2D eigenvalue weighted by atomic mass is 10.1. The standard InChI is InChI=1S/C17H16ClFN4OS2/c1-3-9-26(24)23-12-6-4-5-11(14(12)19)15-16(25-10(2)21-15)13-7-8-20-17(18)22-13/h4-8,23H,3,9H2,1-2H3. The van der Waals surface area contributed by atoms with Crippen LogP contribution < -0.4 is 4.72 Å². The number of thiazole rings is 1. The number of benzene rings is 1. The first-order valence-electron chi connectivity index (χ1n) is 7.90. The predicted molar refractivity (Wildman–Crippen MR) is 105 cm³/mol. The smallest absolute Gasteiger partial charge is 0.222 e. The zero-order valence-corrected chi connectivity index (χ0v) is 16.5. The van der Waals surface area contributed by atoms with E-state index < -0.39 is 16.8 Å². The molecule has 0 saturated carbocycles. The summed E-state index contributed by atoms with van der Waals surface area (Å²) in [5, 5.41) is 0.891. The molecule has 136 valence electrons. The maximum absolute atomic E-state index is 15.1. The third-order valence-corrected chi connectivity index (χ3v) is 5.86. The lowest BCUT2D eigenvalue weighted by Crippen LogP contribution is -2.09. The van der Waals surface area contributed by atoms with Crippen molar-refractivity contribution >= 4 is 39.6 Å². The Kier molecular flexibility index (Phi) is 5.95. The molecule has 0 aliphatic rings. The van der Waals surface area contributed by atoms with Gasteiger partial charge in [-0.2, -0.15) is 0 Å². The van der Waals surface area contributed by atoms with Crippen molar-refractivity contribution in [3.63, 3.8) is 0 Å². The van der Waals surface area contributed by atoms with E-state index in [0.29, 0.717) is 27.6 Å². The van der Waals surface area contributed by atoms with Crippen molar-refractivity contribution in [1.82, 2.24) is 15.0 Å². The van der Waals surface area contributed by atoms with E-state index >= 15 is 4.39 Å². The molecule has 1 N–H and O–H groups in total. The Morgan fingerprint density at radius 2 is 2.12 bits per heavy atom. The maximum atomic E-state index is 15.1. The summed E-state index contributed by atoms with van der Waals surface area (Å²) in [6.45, 7) is 3.76. The highest BCUT2D eigenvalue weighted by atomic mass is 35.5. The van der Waals surface area contributed by atoms with Crippen LogP contribution in [0.3, 0.4) is 0 Å². The second kappa shape index (κ2) is 8.20. The van der Waals surface area contributed by atoms with E-state index in [9.17, 15) is 4.21 Å². The number of nitrogens with one attached hydrogen (secondary N) is 1. The molecule has 0 radical (unpaired) electrons. The maximum Gasteiger partial charge on any atom is 0.222 e. The Labute approximate surface area is 162 Å². The minimum absolute atomic E-state index is 0.116. The fourth-order valence-corrected chi connectivity index (χ4v) is 4.32. The van der Waals surface area contributed by atoms with Crippen LogP contribution in [0, 0.1) is 12.7 Å². The lowest BCUT2D eigenvalue weighted by Gasteiger charge is -2.10. The van der Waals surface area contributed by atoms with Crippen molar-refractivity contribution in [1.29, 1.82) is 0 Å². The first kappa shape index (κ1) is 18.9. The molecule has 0 fully saturated rings. The van der Waals surface area contributed by atoms with Crippen molar-refractivity contribution < 1.29 is 8.60 Å². The van der Waals surface area contributed by atoms with Crippen LogP contribution in [0.1, 0.15) is 18.4 Å². The molecule has 5 nitrogen and oxygen atoms in total. The number of halogens is 2. The Morgan fingerprint density at radius 3 is 2.85 bits per heavy atom. The molecule has 1 unspecified atom stereocenters. The molecule has 0 aliphatic carbocycles. The van der Waals surface area contributed by atoms with Crippen LogP contribution in [0.5, 0.6) is 0 Å². The topological polar surface area (TPSA) is 67.8 Å². The summed E-state index contributed by atoms with van der Waals surface area (Å²) in [5.74, 6) is -0.0480. The molecular weight excluding hydrogens is 395 g/mol. The Bertz CT molecular complexity index is 964. The largest absolute Gasteiger partial charge is 0.302 e. The van der Waals surface area contributed by atoms with Gasteiger partial charge in [-0.3, -0.25) is 0 Å². The van der Waals surface area contributed by atoms with E-state index in [2.05, 4.69) is 19.7 Å². The summed E-state index contributed by atoms with van der Waals surface area (Å²) in [6.07, 6.45) is 2.29. The van der Waals surface area contributed by atoms with Crippen molar-refractivity contribution in [2.45, 2.75) is 20.3 Å². The molecule has 9 heteroatoms. The molecule has 3 aromatic rings. The number of rotatable bonds is 6. The third kappa shape index (κ3) is 4.08. The van der Waals surface area contributed by atoms with Crippen LogP contribution in [0.25, 0.3) is 21.8 Å². The lowest BCUT2D eigenvalue weighted by molar-refractivity contribution is 0.634. The van der Waals surface area contributed by atoms with Gasteiger partial charge in [0.05, 0.1) is 27.0 Å². The van der Waals surface area contributed by atoms with E-state index in [0.717, 1.165) is 11.4 Å². The van der Waals surface area contributed by atoms with Gasteiger partial charge < -0.3 is 4.72 Å². The number of anilines is 1. The highest BCUT2D eigenvalue weighted by Crippen LogP contribution is 2.38. The first-order valence-corrected chi connectivity index (χ1v) is 10.4. The summed E-state index contributed by atoms with van der Waals surface area (Å²) in [6, 6.07) is 6.62. The summed E-state index contributed by atoms with van der Waals surface area (Å²) >= 11 is 7.29. The molecule has 26 heavy (non-hydrogen) atoms. The van der Waals surface area contributed by atoms with E-state index in [1.165, 1.54) is 11.3 Å². The molecule has 3 rings (SSSR count). The van der Waals surface area contributed by atoms with Gasteiger partial charge >= 0.3 is 0 Å². The molecule has 0 saturated heterocycles. The molecule has 1 atom stereocenters. The average Bonchev–Trinajstić information content (AvgIpc) is 2.99. The van der Waals surface area contributed by atoms with E-state index in [4.69, 9.17) is 11.6 Å². The van der Waals surface area contributed by atoms with E-state index in [1.807, 2.05) is 13.8 Å². The molecule has 2 heterocycles. The van der Waals surface area contributed by atoms with Gasteiger partial charge in [-0.15, -0.1) is 11.3 Å². The van der Waals surface area contributed by atoms with Gasteiger partial charge in [0.2, 0.25) is 5.28 Å². The summed E-state index contributed by atoms with van der Waals surface area (Å²) in [7, 11) is -1.33. The van der Waals surface area contributed by atoms with Crippen molar-refractivity contribution in [2.24, 2.45) is 0 Å². The number of aryl methyl sites for hydroxylation is 1. The van der Waals surface area contributed by atoms with Crippen LogP contribution in [-0.2, 0) is 11.0 Å². The summed E-state index contributed by atoms with van der Waals surface area (Å²) in [4.78, 5) is 13.3. The Hall–Kier alpha value is -1.90. The average molecular weight is 411 g/mol. The zero-order valence-electron chi connectivity index (χ0n) is 14.1. The molecule has 1 aromatic carbocycles. The van der Waals surface area contributed by atoms with Gasteiger partial charge in [0.15, 0.2) is 5.82 Å². The van der Waals surface area contributed by atoms with Gasteiger partial charge in [-0.25, -0.2) is 23.6 Å². The molecule has 0 aliphatic heterocycles. The van der Waals surface area contributed by atoms with Gasteiger partial charge in [0.25, 0.3) is 0 Å². The fourth-order valence-electron chi connectivity index (χ4n) is 2.40. The number of hydrogen-bond acceptors (Lipinski definition) is 5. The normalized spacial score (nSPS) is 12.2. The molecule has 2 aromatic heterocycles. The first-order chi connectivity index (χ1) is 12.5. The van der Waals surface area contributed by atoms with Crippen molar-refractivity contribution in [2.75, 3.05) is 10.5 Å². The summed E-state index contributed by atoms with van der Waals surface area (Å²) in [5.41, 5.74) is 1.56. The molecule has 0 amide bonds. The zero-order chi connectivity index (χ0) is 18.7. The number of hydrogen-bond donors (Lipinski definition) is 1. The van der Waals surface area contributed by atoms with Crippen LogP contribution in [0.4, 0.5) is 10.1 Å². The Balaban J connectivity index is 2.06. The van der Waals surface area contributed by atoms with Crippen LogP contribution in [0.2, 0.25) is 5.28 Å². The van der Waals surface area contributed by atoms with Crippen LogP contribution in [-0.4, -0.2) is 24.9 Å². The van der Waals surface area contributed by atoms with Crippen LogP contribution in [0.15, 0.2) is 30.5 Å². The minimum Gasteiger partial charge on any atom is -0.302 e. The van der Waals surface area contributed by atoms with Crippen molar-refractivity contribution in [3.8, 4) is 21.8 Å². The van der Waals surface area contributed by atoms with Gasteiger partial charge in [0.1, 0.15) is 11.0 Å². The Morgan fingerprint density at radius 1 is 1.31 bits per heavy atom. The molecular formula is C17H16ClFN4OS2. The fraction of sp³-hybridized carbons (Fsp3) is 0.235. The second-order valence-electron chi connectivity index (χ2n) is 5.44. The summed E-state index contributed by atoms with van der Waals surface area (Å²) < 4.78 is 29.7. The SMILES string of the molecule is CCCS(=O)Nc1cccc(-c2nc(C)sc2-c2ccnc(Cl)n2)c1F. The van der Waals surface area contributed by atoms with E-state index in [1.54, 1.807) is 30.5 Å². The monoisotopic (exact) mass is 410 g/mol. The van der Waals surface area contributed by atoms with E-state index in [-0.39, 0.29) is 11.0 Å². The van der Waals surface area contributed by atoms with Crippen molar-refractivity contribution in [3.05, 3.63) is 46.6 Å². The predicted octanol–water partition coefficient (Wildman–Crippen LogP) is 4.85. The van der Waals surface area contributed by atoms with Gasteiger partial charge in [-0.1, -0.05) is 13.0 Å². The van der Waals surface area contributed by atoms with Gasteiger partial charge in [-0.05, 0) is 43.1 Å². The highest BCUT2D eigenvalue weighted by molar-refractivity contribution is 7.86. The quantitative estimate of drug-likeness (QED) is 0.589. The van der Waals surface area contributed by atoms with Gasteiger partial charge in [0, 0.05) is 17.5 Å². The second-order valence-corrected chi connectivity index (χ2v) is 8.29. The number of aromatic nitrogens is 3. The molecule has 0 spiro atoms. The highest BCUT2D eigenvalue weighted by Gasteiger charge is 2.20. The van der Waals surface area contributed by atoms with Crippen LogP contribution >= 0.6 is 22.9 Å². The number of nitrogens with zero attached hydrogens (tertiary/aromatic N) is 3.